The second-order valence-electron chi connectivity index (χ2n) is 7.96. The maximum atomic E-state index is 12.7. The van der Waals surface area contributed by atoms with Crippen molar-refractivity contribution in [1.82, 2.24) is 14.9 Å². The summed E-state index contributed by atoms with van der Waals surface area (Å²) in [5.41, 5.74) is 1.18. The molecule has 5 rings (SSSR count). The van der Waals surface area contributed by atoms with Gasteiger partial charge in [-0.2, -0.15) is 0 Å². The molecule has 0 amide bonds. The molecular formula is C21H25N3O4S. The minimum atomic E-state index is -0.605. The molecule has 154 valence electrons. The highest BCUT2D eigenvalue weighted by Gasteiger charge is 2.31. The summed E-state index contributed by atoms with van der Waals surface area (Å²) in [6, 6.07) is 4.10. The number of rotatable bonds is 9. The van der Waals surface area contributed by atoms with E-state index in [4.69, 9.17) is 14.1 Å². The van der Waals surface area contributed by atoms with E-state index in [1.807, 2.05) is 12.1 Å². The van der Waals surface area contributed by atoms with Gasteiger partial charge in [0.25, 0.3) is 5.56 Å². The molecule has 1 fully saturated rings. The van der Waals surface area contributed by atoms with Gasteiger partial charge in [-0.25, -0.2) is 4.98 Å². The number of aromatic nitrogens is 2. The first-order valence-corrected chi connectivity index (χ1v) is 11.0. The van der Waals surface area contributed by atoms with Crippen LogP contribution < -0.4 is 5.56 Å². The molecule has 1 saturated carbocycles. The number of nitrogens with zero attached hydrogens (tertiary/aromatic N) is 2. The van der Waals surface area contributed by atoms with Crippen LogP contribution >= 0.6 is 11.3 Å². The summed E-state index contributed by atoms with van der Waals surface area (Å²) in [6.45, 7) is 1.62. The predicted molar refractivity (Wildman–Crippen MR) is 110 cm³/mol. The van der Waals surface area contributed by atoms with Gasteiger partial charge in [0.05, 0.1) is 30.9 Å². The van der Waals surface area contributed by atoms with E-state index < -0.39 is 6.10 Å². The molecule has 8 heteroatoms. The topological polar surface area (TPSA) is 91.6 Å². The van der Waals surface area contributed by atoms with Gasteiger partial charge in [-0.15, -0.1) is 11.3 Å². The monoisotopic (exact) mass is 415 g/mol. The summed E-state index contributed by atoms with van der Waals surface area (Å²) in [4.78, 5) is 24.8. The molecule has 1 atom stereocenters. The molecule has 0 unspecified atom stereocenters. The molecule has 0 saturated heterocycles. The van der Waals surface area contributed by atoms with E-state index >= 15 is 0 Å². The minimum Gasteiger partial charge on any atom is -0.467 e. The predicted octanol–water partition coefficient (Wildman–Crippen LogP) is 2.61. The second-order valence-corrected chi connectivity index (χ2v) is 9.04. The van der Waals surface area contributed by atoms with Gasteiger partial charge in [0.2, 0.25) is 0 Å². The number of furan rings is 1. The van der Waals surface area contributed by atoms with E-state index in [2.05, 4.69) is 9.88 Å². The summed E-state index contributed by atoms with van der Waals surface area (Å²) in [7, 11) is 0. The van der Waals surface area contributed by atoms with Crippen molar-refractivity contribution in [2.75, 3.05) is 13.2 Å². The zero-order valence-electron chi connectivity index (χ0n) is 16.2. The molecule has 0 radical (unpaired) electrons. The fourth-order valence-electron chi connectivity index (χ4n) is 4.11. The molecule has 0 aromatic carbocycles. The van der Waals surface area contributed by atoms with Gasteiger partial charge in [-0.1, -0.05) is 0 Å². The van der Waals surface area contributed by atoms with Crippen molar-refractivity contribution in [2.24, 2.45) is 0 Å². The number of H-pyrrole nitrogens is 1. The van der Waals surface area contributed by atoms with Crippen LogP contribution in [0.2, 0.25) is 0 Å². The highest BCUT2D eigenvalue weighted by Crippen LogP contribution is 2.34. The largest absolute Gasteiger partial charge is 0.467 e. The highest BCUT2D eigenvalue weighted by molar-refractivity contribution is 7.18. The van der Waals surface area contributed by atoms with Gasteiger partial charge in [0, 0.05) is 17.5 Å². The molecule has 2 aliphatic carbocycles. The van der Waals surface area contributed by atoms with Crippen molar-refractivity contribution in [3.05, 3.63) is 50.8 Å². The van der Waals surface area contributed by atoms with Crippen LogP contribution in [-0.4, -0.2) is 45.3 Å². The van der Waals surface area contributed by atoms with E-state index in [-0.39, 0.29) is 12.2 Å². The smallest absolute Gasteiger partial charge is 0.259 e. The third-order valence-corrected chi connectivity index (χ3v) is 6.81. The van der Waals surface area contributed by atoms with Crippen LogP contribution in [0.3, 0.4) is 0 Å². The van der Waals surface area contributed by atoms with Crippen LogP contribution in [0.4, 0.5) is 0 Å². The van der Waals surface area contributed by atoms with Crippen molar-refractivity contribution in [3.63, 3.8) is 0 Å². The van der Waals surface area contributed by atoms with Crippen LogP contribution in [0.1, 0.15) is 41.3 Å². The summed E-state index contributed by atoms with van der Waals surface area (Å²) in [5, 5.41) is 11.2. The van der Waals surface area contributed by atoms with Crippen molar-refractivity contribution in [1.29, 1.82) is 0 Å². The molecule has 3 aromatic heterocycles. The summed E-state index contributed by atoms with van der Waals surface area (Å²) in [5.74, 6) is 1.42. The van der Waals surface area contributed by atoms with Gasteiger partial charge < -0.3 is 19.2 Å². The van der Waals surface area contributed by atoms with Crippen molar-refractivity contribution in [2.45, 2.75) is 57.4 Å². The number of hydrogen-bond donors (Lipinski definition) is 2. The van der Waals surface area contributed by atoms with E-state index in [1.54, 1.807) is 17.6 Å². The molecule has 3 aromatic rings. The lowest BCUT2D eigenvalue weighted by Gasteiger charge is -2.24. The first kappa shape index (κ1) is 19.0. The van der Waals surface area contributed by atoms with Crippen LogP contribution in [0.15, 0.2) is 27.6 Å². The summed E-state index contributed by atoms with van der Waals surface area (Å²) < 4.78 is 10.8. The van der Waals surface area contributed by atoms with Gasteiger partial charge in [0.1, 0.15) is 23.0 Å². The Morgan fingerprint density at radius 1 is 1.41 bits per heavy atom. The number of hydrogen-bond acceptors (Lipinski definition) is 7. The third kappa shape index (κ3) is 4.16. The Morgan fingerprint density at radius 2 is 2.31 bits per heavy atom. The Bertz CT molecular complexity index is 1040. The van der Waals surface area contributed by atoms with Crippen LogP contribution in [0.5, 0.6) is 0 Å². The molecule has 0 aliphatic heterocycles. The zero-order chi connectivity index (χ0) is 19.8. The highest BCUT2D eigenvalue weighted by atomic mass is 32.1. The fourth-order valence-corrected chi connectivity index (χ4v) is 5.39. The number of thiophene rings is 1. The first-order valence-electron chi connectivity index (χ1n) is 10.2. The fraction of sp³-hybridized carbons (Fsp3) is 0.524. The lowest BCUT2D eigenvalue weighted by Crippen LogP contribution is -2.37. The molecule has 2 N–H and O–H groups in total. The van der Waals surface area contributed by atoms with Crippen LogP contribution in [0, 0.1) is 0 Å². The maximum Gasteiger partial charge on any atom is 0.259 e. The Hall–Kier alpha value is -2.00. The molecule has 29 heavy (non-hydrogen) atoms. The van der Waals surface area contributed by atoms with Crippen molar-refractivity contribution < 1.29 is 14.3 Å². The van der Waals surface area contributed by atoms with Gasteiger partial charge in [-0.3, -0.25) is 9.69 Å². The molecule has 7 nitrogen and oxygen atoms in total. The number of ether oxygens (including phenoxy) is 1. The molecular weight excluding hydrogens is 390 g/mol. The SMILES string of the molecule is O=c1[nH]c(CN(C[C@@H](O)COCc2ccco2)C2CC2)nc2sc3c(c12)CCC3. The van der Waals surface area contributed by atoms with Gasteiger partial charge in [-0.05, 0) is 49.8 Å². The maximum absolute atomic E-state index is 12.7. The van der Waals surface area contributed by atoms with E-state index in [0.717, 1.165) is 48.1 Å². The van der Waals surface area contributed by atoms with Crippen LogP contribution in [0.25, 0.3) is 10.2 Å². The molecule has 0 bridgehead atoms. The van der Waals surface area contributed by atoms with Crippen molar-refractivity contribution >= 4 is 21.6 Å². The normalized spacial score (nSPS) is 17.3. The third-order valence-electron chi connectivity index (χ3n) is 5.62. The summed E-state index contributed by atoms with van der Waals surface area (Å²) >= 11 is 1.66. The molecule has 2 aliphatic rings. The van der Waals surface area contributed by atoms with E-state index in [0.29, 0.717) is 31.6 Å². The van der Waals surface area contributed by atoms with Gasteiger partial charge >= 0.3 is 0 Å². The van der Waals surface area contributed by atoms with Gasteiger partial charge in [0.15, 0.2) is 0 Å². The van der Waals surface area contributed by atoms with E-state index in [1.165, 1.54) is 10.4 Å². The molecule has 3 heterocycles. The number of aromatic amines is 1. The number of nitrogens with one attached hydrogen (secondary N) is 1. The second kappa shape index (κ2) is 8.02. The lowest BCUT2D eigenvalue weighted by atomic mass is 10.2. The quantitative estimate of drug-likeness (QED) is 0.558. The number of fused-ring (bicyclic) bond motifs is 3. The lowest BCUT2D eigenvalue weighted by molar-refractivity contribution is 0.00210. The zero-order valence-corrected chi connectivity index (χ0v) is 17.0. The molecule has 0 spiro atoms. The average Bonchev–Trinajstić information content (AvgIpc) is 3.06. The average molecular weight is 416 g/mol. The number of aliphatic hydroxyl groups is 1. The summed E-state index contributed by atoms with van der Waals surface area (Å²) in [6.07, 6.45) is 6.40. The Morgan fingerprint density at radius 3 is 3.10 bits per heavy atom. The Labute approximate surface area is 172 Å². The minimum absolute atomic E-state index is 0.0255. The number of aliphatic hydroxyl groups excluding tert-OH is 1. The Balaban J connectivity index is 1.24. The Kier molecular flexibility index (Phi) is 5.26. The number of aryl methyl sites for hydroxylation is 2. The van der Waals surface area contributed by atoms with Crippen molar-refractivity contribution in [3.8, 4) is 0 Å². The van der Waals surface area contributed by atoms with Crippen LogP contribution in [-0.2, 0) is 30.7 Å². The standard InChI is InChI=1S/C21H25N3O4S/c25-14(11-27-12-15-3-2-8-28-15)9-24(13-6-7-13)10-18-22-20(26)19-16-4-1-5-17(16)29-21(19)23-18/h2-3,8,13-14,25H,1,4-7,9-12H2,(H,22,23,26)/t14-/m1/s1. The van der Waals surface area contributed by atoms with E-state index in [9.17, 15) is 9.90 Å². The first-order chi connectivity index (χ1) is 14.2.